The summed E-state index contributed by atoms with van der Waals surface area (Å²) in [7, 11) is 3.99. The molecule has 1 N–H and O–H groups in total. The minimum Gasteiger partial charge on any atom is -0.460 e. The molecule has 1 aromatic heterocycles. The first-order chi connectivity index (χ1) is 14.4. The first-order valence-corrected chi connectivity index (χ1v) is 10.7. The maximum atomic E-state index is 11.8. The van der Waals surface area contributed by atoms with Crippen molar-refractivity contribution in [3.63, 3.8) is 0 Å². The minimum absolute atomic E-state index is 0.0658. The van der Waals surface area contributed by atoms with Crippen LogP contribution in [0.15, 0.2) is 48.4 Å². The van der Waals surface area contributed by atoms with Crippen molar-refractivity contribution in [2.24, 2.45) is 5.92 Å². The Morgan fingerprint density at radius 3 is 2.53 bits per heavy atom. The number of nitrogens with one attached hydrogen (secondary N) is 1. The molecule has 6 heteroatoms. The van der Waals surface area contributed by atoms with Gasteiger partial charge in [-0.3, -0.25) is 4.79 Å². The number of fused-ring (bicyclic) bond motifs is 1. The second-order valence-corrected chi connectivity index (χ2v) is 8.23. The van der Waals surface area contributed by atoms with Crippen LogP contribution in [0.4, 0.5) is 5.82 Å². The summed E-state index contributed by atoms with van der Waals surface area (Å²) in [6.07, 6.45) is 10.7. The molecule has 0 atom stereocenters. The number of carbonyl (C=O) groups excluding carboxylic acids is 1. The second-order valence-electron chi connectivity index (χ2n) is 8.23. The first kappa shape index (κ1) is 21.8. The van der Waals surface area contributed by atoms with E-state index in [1.165, 1.54) is 12.8 Å². The quantitative estimate of drug-likeness (QED) is 0.810. The monoisotopic (exact) mass is 408 g/mol. The molecule has 0 saturated heterocycles. The fraction of sp³-hybridized carbons (Fsp3) is 0.458. The number of anilines is 1. The average Bonchev–Trinajstić information content (AvgIpc) is 2.75. The van der Waals surface area contributed by atoms with E-state index in [1.807, 2.05) is 62.3 Å². The van der Waals surface area contributed by atoms with Gasteiger partial charge >= 0.3 is 0 Å². The number of hydrogen-bond acceptors (Lipinski definition) is 5. The molecule has 1 aromatic carbocycles. The highest BCUT2D eigenvalue weighted by Gasteiger charge is 2.21. The van der Waals surface area contributed by atoms with Crippen molar-refractivity contribution in [1.82, 2.24) is 15.3 Å². The molecule has 1 aliphatic carbocycles. The van der Waals surface area contributed by atoms with E-state index in [0.29, 0.717) is 11.8 Å². The molecule has 1 fully saturated rings. The van der Waals surface area contributed by atoms with Crippen LogP contribution in [0, 0.1) is 12.8 Å². The highest BCUT2D eigenvalue weighted by molar-refractivity contribution is 5.92. The van der Waals surface area contributed by atoms with Crippen molar-refractivity contribution in [2.75, 3.05) is 19.0 Å². The third-order valence-corrected chi connectivity index (χ3v) is 5.42. The summed E-state index contributed by atoms with van der Waals surface area (Å²) in [5.41, 5.74) is 1.00. The van der Waals surface area contributed by atoms with Crippen molar-refractivity contribution in [3.05, 3.63) is 54.3 Å². The fourth-order valence-corrected chi connectivity index (χ4v) is 3.72. The largest absolute Gasteiger partial charge is 0.460 e. The maximum Gasteiger partial charge on any atom is 0.286 e. The predicted molar refractivity (Wildman–Crippen MR) is 121 cm³/mol. The summed E-state index contributed by atoms with van der Waals surface area (Å²) in [6.45, 7) is 4.19. The van der Waals surface area contributed by atoms with Crippen molar-refractivity contribution >= 4 is 22.6 Å². The summed E-state index contributed by atoms with van der Waals surface area (Å²) in [5, 5.41) is 4.14. The second kappa shape index (κ2) is 10.2. The number of benzene rings is 1. The topological polar surface area (TPSA) is 67.3 Å². The molecule has 2 aromatic rings. The van der Waals surface area contributed by atoms with Gasteiger partial charge in [0, 0.05) is 25.5 Å². The number of nitrogens with zero attached hydrogens (tertiary/aromatic N) is 3. The van der Waals surface area contributed by atoms with Gasteiger partial charge in [-0.15, -0.1) is 0 Å². The van der Waals surface area contributed by atoms with Crippen LogP contribution in [0.1, 0.15) is 44.9 Å². The molecule has 30 heavy (non-hydrogen) atoms. The SMILES string of the molecule is CC1CCC(NC(=O)C2=CCC=CO2)CC1.Cc1nc(N(C)C)c2ccccc2n1. The Hall–Kier alpha value is -2.89. The van der Waals surface area contributed by atoms with Gasteiger partial charge in [-0.2, -0.15) is 0 Å². The van der Waals surface area contributed by atoms with Gasteiger partial charge in [0.2, 0.25) is 0 Å². The lowest BCUT2D eigenvalue weighted by molar-refractivity contribution is -0.121. The van der Waals surface area contributed by atoms with Gasteiger partial charge in [0.15, 0.2) is 5.76 Å². The van der Waals surface area contributed by atoms with Crippen LogP contribution >= 0.6 is 0 Å². The lowest BCUT2D eigenvalue weighted by Crippen LogP contribution is -2.38. The fourth-order valence-electron chi connectivity index (χ4n) is 3.72. The van der Waals surface area contributed by atoms with E-state index >= 15 is 0 Å². The lowest BCUT2D eigenvalue weighted by Gasteiger charge is -2.27. The number of para-hydroxylation sites is 1. The third-order valence-electron chi connectivity index (χ3n) is 5.42. The van der Waals surface area contributed by atoms with Crippen LogP contribution in [-0.2, 0) is 9.53 Å². The molecule has 1 amide bonds. The predicted octanol–water partition coefficient (Wildman–Crippen LogP) is 4.50. The number of allylic oxidation sites excluding steroid dienone is 2. The maximum absolute atomic E-state index is 11.8. The van der Waals surface area contributed by atoms with E-state index in [2.05, 4.69) is 22.2 Å². The standard InChI is InChI=1S/C13H19NO2.C11H13N3/c1-10-5-7-11(8-6-10)14-13(15)12-4-2-3-9-16-12;1-8-12-10-7-5-4-6-9(10)11(13-8)14(2)3/h3-4,9-11H,2,5-8H2,1H3,(H,14,15);4-7H,1-3H3. The number of rotatable bonds is 3. The average molecular weight is 409 g/mol. The molecule has 4 rings (SSSR count). The molecule has 160 valence electrons. The number of aromatic nitrogens is 2. The highest BCUT2D eigenvalue weighted by atomic mass is 16.5. The van der Waals surface area contributed by atoms with Gasteiger partial charge in [0.1, 0.15) is 11.6 Å². The first-order valence-electron chi connectivity index (χ1n) is 10.7. The van der Waals surface area contributed by atoms with E-state index in [1.54, 1.807) is 6.26 Å². The lowest BCUT2D eigenvalue weighted by atomic mass is 9.87. The summed E-state index contributed by atoms with van der Waals surface area (Å²) in [6, 6.07) is 8.39. The molecule has 2 heterocycles. The van der Waals surface area contributed by atoms with Crippen LogP contribution in [0.25, 0.3) is 10.9 Å². The number of hydrogen-bond donors (Lipinski definition) is 1. The van der Waals surface area contributed by atoms with Gasteiger partial charge < -0.3 is 15.0 Å². The smallest absolute Gasteiger partial charge is 0.286 e. The van der Waals surface area contributed by atoms with Crippen molar-refractivity contribution in [3.8, 4) is 0 Å². The van der Waals surface area contributed by atoms with Crippen LogP contribution in [0.2, 0.25) is 0 Å². The van der Waals surface area contributed by atoms with Gasteiger partial charge in [-0.1, -0.05) is 19.1 Å². The molecular formula is C24H32N4O2. The van der Waals surface area contributed by atoms with Gasteiger partial charge in [-0.25, -0.2) is 9.97 Å². The van der Waals surface area contributed by atoms with E-state index in [9.17, 15) is 4.79 Å². The zero-order valence-electron chi connectivity index (χ0n) is 18.4. The van der Waals surface area contributed by atoms with Gasteiger partial charge in [0.05, 0.1) is 11.8 Å². The third kappa shape index (κ3) is 5.81. The van der Waals surface area contributed by atoms with E-state index in [-0.39, 0.29) is 5.91 Å². The minimum atomic E-state index is -0.0658. The number of aryl methyl sites for hydroxylation is 1. The molecule has 0 radical (unpaired) electrons. The molecule has 1 saturated carbocycles. The molecule has 0 unspecified atom stereocenters. The molecule has 2 aliphatic rings. The van der Waals surface area contributed by atoms with Crippen molar-refractivity contribution in [1.29, 1.82) is 0 Å². The van der Waals surface area contributed by atoms with E-state index < -0.39 is 0 Å². The summed E-state index contributed by atoms with van der Waals surface area (Å²) in [5.74, 6) is 2.98. The molecular weight excluding hydrogens is 376 g/mol. The highest BCUT2D eigenvalue weighted by Crippen LogP contribution is 2.24. The zero-order chi connectivity index (χ0) is 21.5. The van der Waals surface area contributed by atoms with Crippen molar-refractivity contribution < 1.29 is 9.53 Å². The molecule has 6 nitrogen and oxygen atoms in total. The number of amides is 1. The van der Waals surface area contributed by atoms with Crippen LogP contribution in [0.5, 0.6) is 0 Å². The van der Waals surface area contributed by atoms with E-state index in [0.717, 1.165) is 47.7 Å². The van der Waals surface area contributed by atoms with Gasteiger partial charge in [-0.05, 0) is 69.2 Å². The number of carbonyl (C=O) groups is 1. The number of ether oxygens (including phenoxy) is 1. The zero-order valence-corrected chi connectivity index (χ0v) is 18.4. The Kier molecular flexibility index (Phi) is 7.44. The summed E-state index contributed by atoms with van der Waals surface area (Å²) in [4.78, 5) is 22.6. The molecule has 0 spiro atoms. The molecule has 1 aliphatic heterocycles. The Morgan fingerprint density at radius 1 is 1.13 bits per heavy atom. The van der Waals surface area contributed by atoms with Gasteiger partial charge in [0.25, 0.3) is 5.91 Å². The van der Waals surface area contributed by atoms with Crippen molar-refractivity contribution in [2.45, 2.75) is 52.0 Å². The Balaban J connectivity index is 0.000000172. The van der Waals surface area contributed by atoms with Crippen LogP contribution in [0.3, 0.4) is 0 Å². The normalized spacial score (nSPS) is 20.5. The Bertz CT molecular complexity index is 928. The molecule has 0 bridgehead atoms. The summed E-state index contributed by atoms with van der Waals surface area (Å²) >= 11 is 0. The van der Waals surface area contributed by atoms with Crippen LogP contribution < -0.4 is 10.2 Å². The Labute approximate surface area is 179 Å². The van der Waals surface area contributed by atoms with Crippen LogP contribution in [-0.4, -0.2) is 36.0 Å². The summed E-state index contributed by atoms with van der Waals surface area (Å²) < 4.78 is 5.17. The Morgan fingerprint density at radius 2 is 1.87 bits per heavy atom. The van der Waals surface area contributed by atoms with E-state index in [4.69, 9.17) is 4.74 Å².